The molecular formula is C20H16ClN5O. The van der Waals surface area contributed by atoms with Crippen molar-refractivity contribution in [2.45, 2.75) is 19.3 Å². The summed E-state index contributed by atoms with van der Waals surface area (Å²) in [6.45, 7) is 1.94. The highest BCUT2D eigenvalue weighted by molar-refractivity contribution is 6.31. The summed E-state index contributed by atoms with van der Waals surface area (Å²) in [7, 11) is 0. The van der Waals surface area contributed by atoms with Gasteiger partial charge in [-0.15, -0.1) is 0 Å². The quantitative estimate of drug-likeness (QED) is 0.550. The van der Waals surface area contributed by atoms with Gasteiger partial charge in [0.2, 0.25) is 11.9 Å². The maximum Gasteiger partial charge on any atom is 0.231 e. The molecule has 0 spiro atoms. The van der Waals surface area contributed by atoms with Crippen LogP contribution < -0.4 is 5.32 Å². The number of aromatic nitrogens is 4. The van der Waals surface area contributed by atoms with Crippen molar-refractivity contribution in [1.29, 1.82) is 0 Å². The van der Waals surface area contributed by atoms with Crippen LogP contribution in [0.5, 0.6) is 0 Å². The number of imidazole rings is 1. The van der Waals surface area contributed by atoms with Crippen molar-refractivity contribution in [3.8, 4) is 5.95 Å². The fourth-order valence-electron chi connectivity index (χ4n) is 3.76. The lowest BCUT2D eigenvalue weighted by Gasteiger charge is -2.24. The van der Waals surface area contributed by atoms with Gasteiger partial charge in [-0.2, -0.15) is 9.78 Å². The Balaban J connectivity index is 1.70. The fraction of sp³-hybridized carbons (Fsp3) is 0.150. The summed E-state index contributed by atoms with van der Waals surface area (Å²) in [5, 5.41) is 8.28. The first-order chi connectivity index (χ1) is 13.1. The topological polar surface area (TPSA) is 75.6 Å². The zero-order valence-corrected chi connectivity index (χ0v) is 15.3. The molecule has 7 heteroatoms. The molecule has 2 N–H and O–H groups in total. The van der Waals surface area contributed by atoms with Gasteiger partial charge in [0.1, 0.15) is 5.82 Å². The van der Waals surface area contributed by atoms with Gasteiger partial charge in [-0.05, 0) is 30.7 Å². The minimum atomic E-state index is -0.138. The van der Waals surface area contributed by atoms with Gasteiger partial charge >= 0.3 is 0 Å². The molecule has 5 rings (SSSR count). The third-order valence-corrected chi connectivity index (χ3v) is 5.30. The fourth-order valence-corrected chi connectivity index (χ4v) is 4.03. The minimum absolute atomic E-state index is 0.0651. The minimum Gasteiger partial charge on any atom is -0.322 e. The van der Waals surface area contributed by atoms with Crippen molar-refractivity contribution < 1.29 is 4.79 Å². The summed E-state index contributed by atoms with van der Waals surface area (Å²) >= 11 is 6.42. The number of benzene rings is 2. The van der Waals surface area contributed by atoms with Crippen molar-refractivity contribution in [2.24, 2.45) is 0 Å². The third kappa shape index (κ3) is 2.52. The van der Waals surface area contributed by atoms with Gasteiger partial charge in [0, 0.05) is 22.9 Å². The standard InChI is InChI=1S/C20H16ClN5O/c1-11-18-13(12-6-2-3-7-14(12)21)10-17(27)24-19(18)26(25-11)20-22-15-8-4-5-9-16(15)23-20/h2-9,13H,10H2,1H3,(H,22,23)(H,24,27)/t13-/m1/s1. The van der Waals surface area contributed by atoms with Crippen LogP contribution in [0.1, 0.15) is 29.2 Å². The average molecular weight is 378 g/mol. The van der Waals surface area contributed by atoms with Crippen molar-refractivity contribution >= 4 is 34.4 Å². The maximum absolute atomic E-state index is 12.5. The molecule has 27 heavy (non-hydrogen) atoms. The first-order valence-electron chi connectivity index (χ1n) is 8.70. The lowest BCUT2D eigenvalue weighted by atomic mass is 9.86. The number of halogens is 1. The number of H-pyrrole nitrogens is 1. The van der Waals surface area contributed by atoms with Crippen molar-refractivity contribution in [1.82, 2.24) is 19.7 Å². The number of hydrogen-bond donors (Lipinski definition) is 2. The second kappa shape index (κ2) is 5.96. The van der Waals surface area contributed by atoms with E-state index in [4.69, 9.17) is 11.6 Å². The number of para-hydroxylation sites is 2. The SMILES string of the molecule is Cc1nn(-c2nc3ccccc3[nH]2)c2c1[C@@H](c1ccccc1Cl)CC(=O)N2. The van der Waals surface area contributed by atoms with Crippen molar-refractivity contribution in [2.75, 3.05) is 5.32 Å². The van der Waals surface area contributed by atoms with Crippen LogP contribution in [0.3, 0.4) is 0 Å². The van der Waals surface area contributed by atoms with Gasteiger partial charge < -0.3 is 10.3 Å². The van der Waals surface area contributed by atoms with E-state index < -0.39 is 0 Å². The van der Waals surface area contributed by atoms with E-state index >= 15 is 0 Å². The van der Waals surface area contributed by atoms with Gasteiger partial charge in [0.15, 0.2) is 0 Å². The molecule has 134 valence electrons. The van der Waals surface area contributed by atoms with Crippen LogP contribution in [0, 0.1) is 6.92 Å². The number of fused-ring (bicyclic) bond motifs is 2. The van der Waals surface area contributed by atoms with E-state index in [-0.39, 0.29) is 11.8 Å². The normalized spacial score (nSPS) is 16.4. The summed E-state index contributed by atoms with van der Waals surface area (Å²) in [6.07, 6.45) is 0.337. The number of carbonyl (C=O) groups is 1. The molecule has 0 saturated carbocycles. The van der Waals surface area contributed by atoms with E-state index in [1.807, 2.05) is 55.5 Å². The number of amides is 1. The molecule has 0 fully saturated rings. The van der Waals surface area contributed by atoms with Crippen LogP contribution in [0.25, 0.3) is 17.0 Å². The maximum atomic E-state index is 12.5. The molecule has 1 amide bonds. The van der Waals surface area contributed by atoms with Gasteiger partial charge in [-0.3, -0.25) is 4.79 Å². The Hall–Kier alpha value is -3.12. The molecule has 0 bridgehead atoms. The Morgan fingerprint density at radius 2 is 1.93 bits per heavy atom. The van der Waals surface area contributed by atoms with E-state index in [9.17, 15) is 4.79 Å². The Labute approximate surface area is 160 Å². The number of rotatable bonds is 2. The number of aromatic amines is 1. The van der Waals surface area contributed by atoms with Crippen LogP contribution in [0.2, 0.25) is 5.02 Å². The summed E-state index contributed by atoms with van der Waals surface area (Å²) in [4.78, 5) is 20.3. The Kier molecular flexibility index (Phi) is 3.55. The van der Waals surface area contributed by atoms with Crippen LogP contribution in [0.4, 0.5) is 5.82 Å². The van der Waals surface area contributed by atoms with E-state index in [0.717, 1.165) is 27.9 Å². The largest absolute Gasteiger partial charge is 0.322 e. The molecule has 3 heterocycles. The number of nitrogens with zero attached hydrogens (tertiary/aromatic N) is 3. The zero-order valence-electron chi connectivity index (χ0n) is 14.5. The number of anilines is 1. The first kappa shape index (κ1) is 16.1. The smallest absolute Gasteiger partial charge is 0.231 e. The predicted octanol–water partition coefficient (Wildman–Crippen LogP) is 4.18. The first-order valence-corrected chi connectivity index (χ1v) is 9.08. The Morgan fingerprint density at radius 3 is 2.74 bits per heavy atom. The highest BCUT2D eigenvalue weighted by atomic mass is 35.5. The Bertz CT molecular complexity index is 1160. The molecule has 6 nitrogen and oxygen atoms in total. The molecule has 0 saturated heterocycles. The van der Waals surface area contributed by atoms with Gasteiger partial charge in [0.05, 0.1) is 16.7 Å². The monoisotopic (exact) mass is 377 g/mol. The van der Waals surface area contributed by atoms with Crippen LogP contribution in [-0.2, 0) is 4.79 Å². The van der Waals surface area contributed by atoms with Gasteiger partial charge in [0.25, 0.3) is 0 Å². The van der Waals surface area contributed by atoms with E-state index in [1.165, 1.54) is 0 Å². The summed E-state index contributed by atoms with van der Waals surface area (Å²) < 4.78 is 1.67. The zero-order chi connectivity index (χ0) is 18.5. The summed E-state index contributed by atoms with van der Waals surface area (Å²) in [6, 6.07) is 15.4. The molecular weight excluding hydrogens is 362 g/mol. The summed E-state index contributed by atoms with van der Waals surface area (Å²) in [5.41, 5.74) is 4.51. The lowest BCUT2D eigenvalue weighted by molar-refractivity contribution is -0.116. The predicted molar refractivity (Wildman–Crippen MR) is 104 cm³/mol. The van der Waals surface area contributed by atoms with Crippen molar-refractivity contribution in [3.63, 3.8) is 0 Å². The molecule has 2 aromatic heterocycles. The molecule has 0 radical (unpaired) electrons. The molecule has 0 aliphatic carbocycles. The third-order valence-electron chi connectivity index (χ3n) is 4.96. The van der Waals surface area contributed by atoms with E-state index in [0.29, 0.717) is 23.2 Å². The molecule has 4 aromatic rings. The van der Waals surface area contributed by atoms with Gasteiger partial charge in [-0.25, -0.2) is 4.98 Å². The van der Waals surface area contributed by atoms with Crippen molar-refractivity contribution in [3.05, 3.63) is 70.4 Å². The summed E-state index contributed by atoms with van der Waals surface area (Å²) in [5.74, 6) is 1.01. The molecule has 1 aliphatic rings. The molecule has 0 unspecified atom stereocenters. The van der Waals surface area contributed by atoms with Crippen LogP contribution >= 0.6 is 11.6 Å². The molecule has 2 aromatic carbocycles. The Morgan fingerprint density at radius 1 is 1.15 bits per heavy atom. The van der Waals surface area contributed by atoms with Crippen LogP contribution in [-0.4, -0.2) is 25.7 Å². The second-order valence-electron chi connectivity index (χ2n) is 6.66. The lowest BCUT2D eigenvalue weighted by Crippen LogP contribution is -2.25. The average Bonchev–Trinajstić information content (AvgIpc) is 3.22. The van der Waals surface area contributed by atoms with E-state index in [2.05, 4.69) is 20.4 Å². The number of aryl methyl sites for hydroxylation is 1. The number of hydrogen-bond acceptors (Lipinski definition) is 3. The molecule has 1 atom stereocenters. The van der Waals surface area contributed by atoms with E-state index in [1.54, 1.807) is 4.68 Å². The second-order valence-corrected chi connectivity index (χ2v) is 7.07. The van der Waals surface area contributed by atoms with Crippen LogP contribution in [0.15, 0.2) is 48.5 Å². The van der Waals surface area contributed by atoms with Gasteiger partial charge in [-0.1, -0.05) is 41.9 Å². The number of carbonyl (C=O) groups excluding carboxylic acids is 1. The highest BCUT2D eigenvalue weighted by Crippen LogP contribution is 2.42. The highest BCUT2D eigenvalue weighted by Gasteiger charge is 2.34. The number of nitrogens with one attached hydrogen (secondary N) is 2. The molecule has 1 aliphatic heterocycles.